The summed E-state index contributed by atoms with van der Waals surface area (Å²) in [6.45, 7) is 0. The van der Waals surface area contributed by atoms with E-state index >= 15 is 0 Å². The van der Waals surface area contributed by atoms with Gasteiger partial charge in [0.2, 0.25) is 0 Å². The van der Waals surface area contributed by atoms with E-state index in [2.05, 4.69) is 0 Å². The molecular formula is C16H11NO2. The fraction of sp³-hybridized carbons (Fsp3) is 0. The first-order valence-electron chi connectivity index (χ1n) is 5.92. The van der Waals surface area contributed by atoms with Crippen molar-refractivity contribution in [1.82, 2.24) is 0 Å². The Morgan fingerprint density at radius 2 is 1.47 bits per heavy atom. The number of hydrogen-bond acceptors (Lipinski definition) is 3. The van der Waals surface area contributed by atoms with Gasteiger partial charge in [-0.05, 0) is 0 Å². The minimum Gasteiger partial charge on any atom is -0.506 e. The van der Waals surface area contributed by atoms with Gasteiger partial charge in [0, 0.05) is 16.7 Å². The van der Waals surface area contributed by atoms with Crippen LogP contribution in [0, 0.1) is 5.41 Å². The molecule has 0 radical (unpaired) electrons. The van der Waals surface area contributed by atoms with E-state index in [0.29, 0.717) is 16.7 Å². The molecule has 0 fully saturated rings. The lowest BCUT2D eigenvalue weighted by atomic mass is 9.99. The average molecular weight is 249 g/mol. The lowest BCUT2D eigenvalue weighted by Crippen LogP contribution is -2.11. The van der Waals surface area contributed by atoms with Gasteiger partial charge in [-0.25, -0.2) is 0 Å². The van der Waals surface area contributed by atoms with E-state index < -0.39 is 0 Å². The Bertz CT molecular complexity index is 715. The summed E-state index contributed by atoms with van der Waals surface area (Å²) in [4.78, 5) is 12.3. The second kappa shape index (κ2) is 4.21. The summed E-state index contributed by atoms with van der Waals surface area (Å²) in [6.07, 6.45) is 0. The maximum atomic E-state index is 12.3. The van der Waals surface area contributed by atoms with Crippen molar-refractivity contribution in [3.63, 3.8) is 0 Å². The van der Waals surface area contributed by atoms with E-state index in [1.165, 1.54) is 0 Å². The Kier molecular flexibility index (Phi) is 2.53. The summed E-state index contributed by atoms with van der Waals surface area (Å²) >= 11 is 0. The van der Waals surface area contributed by atoms with Crippen LogP contribution in [0.3, 0.4) is 0 Å². The molecule has 2 aromatic carbocycles. The third-order valence-corrected chi connectivity index (χ3v) is 3.20. The standard InChI is InChI=1S/C16H11NO2/c17-14(10-6-2-1-3-7-10)13-15(18)11-8-4-5-9-12(11)16(13)19/h1-9,17-18H. The van der Waals surface area contributed by atoms with E-state index in [9.17, 15) is 9.90 Å². The highest BCUT2D eigenvalue weighted by atomic mass is 16.3. The molecule has 92 valence electrons. The second-order valence-corrected chi connectivity index (χ2v) is 4.34. The molecule has 0 aromatic heterocycles. The van der Waals surface area contributed by atoms with Gasteiger partial charge in [-0.2, -0.15) is 0 Å². The Morgan fingerprint density at radius 3 is 2.11 bits per heavy atom. The molecule has 0 atom stereocenters. The summed E-state index contributed by atoms with van der Waals surface area (Å²) < 4.78 is 0. The van der Waals surface area contributed by atoms with Crippen molar-refractivity contribution >= 4 is 17.3 Å². The van der Waals surface area contributed by atoms with E-state index in [1.807, 2.05) is 6.07 Å². The zero-order valence-corrected chi connectivity index (χ0v) is 10.1. The fourth-order valence-corrected chi connectivity index (χ4v) is 2.25. The number of nitrogens with one attached hydrogen (secondary N) is 1. The molecule has 0 bridgehead atoms. The Labute approximate surface area is 110 Å². The van der Waals surface area contributed by atoms with Gasteiger partial charge in [0.1, 0.15) is 5.76 Å². The molecule has 2 N–H and O–H groups in total. The summed E-state index contributed by atoms with van der Waals surface area (Å²) in [5.74, 6) is -0.392. The summed E-state index contributed by atoms with van der Waals surface area (Å²) in [7, 11) is 0. The number of aliphatic hydroxyl groups excluding tert-OH is 1. The van der Waals surface area contributed by atoms with Crippen molar-refractivity contribution < 1.29 is 9.90 Å². The monoisotopic (exact) mass is 249 g/mol. The lowest BCUT2D eigenvalue weighted by molar-refractivity contribution is 0.104. The number of carbonyl (C=O) groups is 1. The summed E-state index contributed by atoms with van der Waals surface area (Å²) in [5.41, 5.74) is 1.70. The molecule has 19 heavy (non-hydrogen) atoms. The van der Waals surface area contributed by atoms with Crippen LogP contribution in [-0.2, 0) is 0 Å². The predicted molar refractivity (Wildman–Crippen MR) is 73.6 cm³/mol. The molecule has 3 rings (SSSR count). The van der Waals surface area contributed by atoms with Gasteiger partial charge in [0.15, 0.2) is 5.78 Å². The fourth-order valence-electron chi connectivity index (χ4n) is 2.25. The average Bonchev–Trinajstić information content (AvgIpc) is 2.72. The molecule has 0 spiro atoms. The van der Waals surface area contributed by atoms with Crippen LogP contribution in [-0.4, -0.2) is 16.6 Å². The van der Waals surface area contributed by atoms with Crippen molar-refractivity contribution in [2.45, 2.75) is 0 Å². The van der Waals surface area contributed by atoms with E-state index in [0.717, 1.165) is 0 Å². The molecule has 2 aromatic rings. The van der Waals surface area contributed by atoms with Gasteiger partial charge in [-0.1, -0.05) is 54.6 Å². The van der Waals surface area contributed by atoms with Gasteiger partial charge in [-0.15, -0.1) is 0 Å². The molecule has 0 heterocycles. The first-order valence-corrected chi connectivity index (χ1v) is 5.92. The Morgan fingerprint density at radius 1 is 0.895 bits per heavy atom. The van der Waals surface area contributed by atoms with Crippen molar-refractivity contribution in [2.75, 3.05) is 0 Å². The van der Waals surface area contributed by atoms with Crippen LogP contribution in [0.4, 0.5) is 0 Å². The number of hydrogen-bond donors (Lipinski definition) is 2. The van der Waals surface area contributed by atoms with E-state index in [-0.39, 0.29) is 22.8 Å². The molecular weight excluding hydrogens is 238 g/mol. The highest BCUT2D eigenvalue weighted by Gasteiger charge is 2.32. The highest BCUT2D eigenvalue weighted by Crippen LogP contribution is 2.32. The summed E-state index contributed by atoms with van der Waals surface area (Å²) in [5, 5.41) is 18.3. The Balaban J connectivity index is 2.11. The van der Waals surface area contributed by atoms with Gasteiger partial charge in [-0.3, -0.25) is 10.2 Å². The number of allylic oxidation sites excluding steroid dienone is 1. The third-order valence-electron chi connectivity index (χ3n) is 3.20. The van der Waals surface area contributed by atoms with E-state index in [1.54, 1.807) is 48.5 Å². The molecule has 0 saturated heterocycles. The molecule has 0 saturated carbocycles. The zero-order chi connectivity index (χ0) is 13.4. The maximum absolute atomic E-state index is 12.3. The molecule has 0 aliphatic heterocycles. The van der Waals surface area contributed by atoms with Crippen LogP contribution < -0.4 is 0 Å². The third kappa shape index (κ3) is 1.67. The number of rotatable bonds is 2. The second-order valence-electron chi connectivity index (χ2n) is 4.34. The van der Waals surface area contributed by atoms with Crippen LogP contribution in [0.15, 0.2) is 60.2 Å². The van der Waals surface area contributed by atoms with Gasteiger partial charge in [0.05, 0.1) is 11.3 Å². The molecule has 1 aliphatic carbocycles. The van der Waals surface area contributed by atoms with E-state index in [4.69, 9.17) is 5.41 Å². The number of Topliss-reactive ketones (excluding diaryl/α,β-unsaturated/α-hetero) is 1. The molecule has 0 amide bonds. The number of aliphatic hydroxyl groups is 1. The number of ketones is 1. The SMILES string of the molecule is N=C(C1=C(O)c2ccccc2C1=O)c1ccccc1. The lowest BCUT2D eigenvalue weighted by Gasteiger charge is -2.04. The molecule has 3 heteroatoms. The molecule has 3 nitrogen and oxygen atoms in total. The quantitative estimate of drug-likeness (QED) is 0.803. The van der Waals surface area contributed by atoms with Gasteiger partial charge >= 0.3 is 0 Å². The summed E-state index contributed by atoms with van der Waals surface area (Å²) in [6, 6.07) is 15.8. The minimum atomic E-state index is -0.290. The number of carbonyl (C=O) groups excluding carboxylic acids is 1. The van der Waals surface area contributed by atoms with Crippen molar-refractivity contribution in [3.05, 3.63) is 76.9 Å². The smallest absolute Gasteiger partial charge is 0.199 e. The topological polar surface area (TPSA) is 61.1 Å². The van der Waals surface area contributed by atoms with Crippen LogP contribution in [0.2, 0.25) is 0 Å². The van der Waals surface area contributed by atoms with Crippen LogP contribution in [0.25, 0.3) is 5.76 Å². The molecule has 0 unspecified atom stereocenters. The van der Waals surface area contributed by atoms with Crippen LogP contribution in [0.1, 0.15) is 21.5 Å². The first kappa shape index (κ1) is 11.4. The van der Waals surface area contributed by atoms with Crippen molar-refractivity contribution in [1.29, 1.82) is 5.41 Å². The van der Waals surface area contributed by atoms with Crippen molar-refractivity contribution in [3.8, 4) is 0 Å². The normalized spacial score (nSPS) is 13.6. The Hall–Kier alpha value is -2.68. The number of fused-ring (bicyclic) bond motifs is 1. The number of benzene rings is 2. The van der Waals surface area contributed by atoms with Crippen molar-refractivity contribution in [2.24, 2.45) is 0 Å². The van der Waals surface area contributed by atoms with Gasteiger partial charge in [0.25, 0.3) is 0 Å². The van der Waals surface area contributed by atoms with Crippen LogP contribution in [0.5, 0.6) is 0 Å². The minimum absolute atomic E-state index is 0.0549. The predicted octanol–water partition coefficient (Wildman–Crippen LogP) is 3.22. The van der Waals surface area contributed by atoms with Gasteiger partial charge < -0.3 is 5.11 Å². The molecule has 1 aliphatic rings. The first-order chi connectivity index (χ1) is 9.20. The van der Waals surface area contributed by atoms with Crippen LogP contribution >= 0.6 is 0 Å². The largest absolute Gasteiger partial charge is 0.506 e. The zero-order valence-electron chi connectivity index (χ0n) is 10.1. The maximum Gasteiger partial charge on any atom is 0.199 e. The highest BCUT2D eigenvalue weighted by molar-refractivity contribution is 6.38.